The molecule has 1 saturated heterocycles. The zero-order valence-corrected chi connectivity index (χ0v) is 18.7. The van der Waals surface area contributed by atoms with Crippen LogP contribution in [0.2, 0.25) is 0 Å². The molecule has 2 aromatic rings. The molecule has 1 spiro atoms. The largest absolute Gasteiger partial charge is 0.465 e. The third-order valence-electron chi connectivity index (χ3n) is 6.07. The number of aryl methyl sites for hydroxylation is 1. The zero-order valence-electron chi connectivity index (χ0n) is 18.7. The number of nitrogens with one attached hydrogen (secondary N) is 2. The van der Waals surface area contributed by atoms with Gasteiger partial charge in [-0.1, -0.05) is 24.3 Å². The van der Waals surface area contributed by atoms with Crippen molar-refractivity contribution in [3.8, 4) is 0 Å². The van der Waals surface area contributed by atoms with E-state index in [1.807, 2.05) is 24.3 Å². The van der Waals surface area contributed by atoms with Crippen molar-refractivity contribution in [2.24, 2.45) is 0 Å². The molecule has 10 heteroatoms. The molecular weight excluding hydrogens is 442 g/mol. The molecule has 2 aromatic carbocycles. The highest BCUT2D eigenvalue weighted by Gasteiger charge is 2.54. The Hall–Kier alpha value is -4.21. The Morgan fingerprint density at radius 2 is 1.79 bits per heavy atom. The van der Waals surface area contributed by atoms with E-state index in [4.69, 9.17) is 4.74 Å². The van der Waals surface area contributed by atoms with E-state index in [9.17, 15) is 24.0 Å². The van der Waals surface area contributed by atoms with Crippen LogP contribution in [0, 0.1) is 0 Å². The second kappa shape index (κ2) is 8.97. The Morgan fingerprint density at radius 1 is 1.06 bits per heavy atom. The molecule has 0 bridgehead atoms. The van der Waals surface area contributed by atoms with Gasteiger partial charge in [0, 0.05) is 0 Å². The molecule has 2 aliphatic rings. The number of amides is 4. The first-order valence-corrected chi connectivity index (χ1v) is 10.6. The molecule has 1 aliphatic heterocycles. The van der Waals surface area contributed by atoms with E-state index in [-0.39, 0.29) is 16.8 Å². The summed E-state index contributed by atoms with van der Waals surface area (Å²) < 4.78 is 9.40. The Bertz CT molecular complexity index is 1210. The van der Waals surface area contributed by atoms with Gasteiger partial charge >= 0.3 is 18.0 Å². The van der Waals surface area contributed by atoms with Crippen molar-refractivity contribution in [3.05, 3.63) is 64.7 Å². The lowest BCUT2D eigenvalue weighted by Gasteiger charge is -2.33. The molecule has 1 unspecified atom stereocenters. The van der Waals surface area contributed by atoms with Gasteiger partial charge in [-0.2, -0.15) is 0 Å². The van der Waals surface area contributed by atoms with Crippen molar-refractivity contribution in [2.45, 2.75) is 24.8 Å². The van der Waals surface area contributed by atoms with Crippen LogP contribution in [0.5, 0.6) is 0 Å². The predicted molar refractivity (Wildman–Crippen MR) is 119 cm³/mol. The lowest BCUT2D eigenvalue weighted by molar-refractivity contribution is -0.134. The summed E-state index contributed by atoms with van der Waals surface area (Å²) in [5.41, 5.74) is 0.604. The predicted octanol–water partition coefficient (Wildman–Crippen LogP) is 1.98. The summed E-state index contributed by atoms with van der Waals surface area (Å²) in [4.78, 5) is 63.8. The molecule has 2 N–H and O–H groups in total. The fraction of sp³-hybridized carbons (Fsp3) is 0.292. The molecule has 10 nitrogen and oxygen atoms in total. The van der Waals surface area contributed by atoms with Crippen LogP contribution >= 0.6 is 0 Å². The summed E-state index contributed by atoms with van der Waals surface area (Å²) >= 11 is 0. The van der Waals surface area contributed by atoms with E-state index < -0.39 is 41.9 Å². The number of carbonyl (C=O) groups is 5. The van der Waals surface area contributed by atoms with Crippen molar-refractivity contribution in [1.82, 2.24) is 10.2 Å². The molecule has 4 amide bonds. The highest BCUT2D eigenvalue weighted by atomic mass is 16.5. The molecule has 1 fully saturated rings. The van der Waals surface area contributed by atoms with E-state index in [0.29, 0.717) is 12.8 Å². The highest BCUT2D eigenvalue weighted by molar-refractivity contribution is 6.11. The van der Waals surface area contributed by atoms with Crippen molar-refractivity contribution in [3.63, 3.8) is 0 Å². The summed E-state index contributed by atoms with van der Waals surface area (Å²) in [6, 6.07) is 10.7. The highest BCUT2D eigenvalue weighted by Crippen LogP contribution is 2.39. The Balaban J connectivity index is 1.58. The van der Waals surface area contributed by atoms with Gasteiger partial charge in [0.25, 0.3) is 5.91 Å². The number of benzene rings is 2. The fourth-order valence-corrected chi connectivity index (χ4v) is 4.47. The van der Waals surface area contributed by atoms with Gasteiger partial charge in [-0.05, 0) is 48.6 Å². The van der Waals surface area contributed by atoms with Crippen LogP contribution in [0.1, 0.15) is 44.7 Å². The van der Waals surface area contributed by atoms with Crippen molar-refractivity contribution in [2.75, 3.05) is 26.1 Å². The summed E-state index contributed by atoms with van der Waals surface area (Å²) in [6.07, 6.45) is 1.95. The minimum atomic E-state index is -1.20. The van der Waals surface area contributed by atoms with Crippen LogP contribution in [0.4, 0.5) is 10.5 Å². The third-order valence-corrected chi connectivity index (χ3v) is 6.07. The molecule has 1 atom stereocenters. The van der Waals surface area contributed by atoms with Crippen molar-refractivity contribution >= 4 is 35.5 Å². The van der Waals surface area contributed by atoms with Crippen LogP contribution in [0.15, 0.2) is 42.5 Å². The molecule has 4 rings (SSSR count). The van der Waals surface area contributed by atoms with E-state index >= 15 is 0 Å². The maximum absolute atomic E-state index is 13.4. The second-order valence-electron chi connectivity index (χ2n) is 8.03. The topological polar surface area (TPSA) is 131 Å². The summed E-state index contributed by atoms with van der Waals surface area (Å²) in [5.74, 6) is -2.63. The average molecular weight is 465 g/mol. The van der Waals surface area contributed by atoms with Crippen LogP contribution in [0.3, 0.4) is 0 Å². The third kappa shape index (κ3) is 3.87. The molecule has 1 heterocycles. The average Bonchev–Trinajstić information content (AvgIpc) is 3.07. The molecule has 34 heavy (non-hydrogen) atoms. The number of hydrogen-bond donors (Lipinski definition) is 2. The first-order chi connectivity index (χ1) is 16.3. The van der Waals surface area contributed by atoms with Gasteiger partial charge in [-0.25, -0.2) is 14.4 Å². The van der Waals surface area contributed by atoms with Crippen LogP contribution in [-0.4, -0.2) is 55.4 Å². The van der Waals surface area contributed by atoms with Gasteiger partial charge in [0.2, 0.25) is 5.91 Å². The van der Waals surface area contributed by atoms with Gasteiger partial charge in [0.1, 0.15) is 12.1 Å². The Kier molecular flexibility index (Phi) is 6.06. The number of rotatable bonds is 5. The van der Waals surface area contributed by atoms with Gasteiger partial charge in [-0.15, -0.1) is 0 Å². The number of esters is 2. The summed E-state index contributed by atoms with van der Waals surface area (Å²) in [5, 5.41) is 5.29. The maximum Gasteiger partial charge on any atom is 0.339 e. The molecule has 1 aliphatic carbocycles. The Morgan fingerprint density at radius 3 is 2.53 bits per heavy atom. The second-order valence-corrected chi connectivity index (χ2v) is 8.03. The number of carbonyl (C=O) groups excluding carboxylic acids is 5. The number of imide groups is 1. The van der Waals surface area contributed by atoms with Crippen molar-refractivity contribution in [1.29, 1.82) is 0 Å². The van der Waals surface area contributed by atoms with E-state index in [1.54, 1.807) is 0 Å². The number of fused-ring (bicyclic) bond motifs is 2. The van der Waals surface area contributed by atoms with E-state index in [2.05, 4.69) is 15.4 Å². The monoisotopic (exact) mass is 465 g/mol. The number of hydrogen-bond acceptors (Lipinski definition) is 7. The molecule has 0 radical (unpaired) electrons. The summed E-state index contributed by atoms with van der Waals surface area (Å²) in [7, 11) is 2.38. The van der Waals surface area contributed by atoms with Gasteiger partial charge in [-0.3, -0.25) is 14.5 Å². The lowest BCUT2D eigenvalue weighted by atomic mass is 9.76. The quantitative estimate of drug-likeness (QED) is 0.510. The number of anilines is 1. The van der Waals surface area contributed by atoms with E-state index in [0.717, 1.165) is 22.4 Å². The van der Waals surface area contributed by atoms with Crippen LogP contribution in [0.25, 0.3) is 0 Å². The van der Waals surface area contributed by atoms with Gasteiger partial charge in [0.05, 0.1) is 31.0 Å². The minimum absolute atomic E-state index is 0.00150. The fourth-order valence-electron chi connectivity index (χ4n) is 4.47. The molecule has 176 valence electrons. The minimum Gasteiger partial charge on any atom is -0.465 e. The zero-order chi connectivity index (χ0) is 24.5. The number of ether oxygens (including phenoxy) is 2. The van der Waals surface area contributed by atoms with Crippen molar-refractivity contribution < 1.29 is 33.4 Å². The maximum atomic E-state index is 13.4. The first kappa shape index (κ1) is 23.0. The van der Waals surface area contributed by atoms with Crippen LogP contribution in [-0.2, 0) is 31.0 Å². The Labute approximate surface area is 195 Å². The molecule has 0 saturated carbocycles. The number of urea groups is 1. The molecule has 0 aromatic heterocycles. The molecular formula is C24H23N3O7. The van der Waals surface area contributed by atoms with Gasteiger partial charge < -0.3 is 20.1 Å². The normalized spacial score (nSPS) is 18.8. The smallest absolute Gasteiger partial charge is 0.339 e. The first-order valence-electron chi connectivity index (χ1n) is 10.6. The number of methoxy groups -OCH3 is 2. The summed E-state index contributed by atoms with van der Waals surface area (Å²) in [6.45, 7) is -0.572. The van der Waals surface area contributed by atoms with Crippen LogP contribution < -0.4 is 10.6 Å². The number of nitrogens with zero attached hydrogens (tertiary/aromatic N) is 1. The van der Waals surface area contributed by atoms with E-state index in [1.165, 1.54) is 32.4 Å². The lowest BCUT2D eigenvalue weighted by Crippen LogP contribution is -2.47. The van der Waals surface area contributed by atoms with Gasteiger partial charge in [0.15, 0.2) is 0 Å². The standard InChI is InChI=1S/C24H23N3O7/c1-33-20(29)15-9-10-16(21(30)34-2)18(12-15)25-19(28)13-27-22(31)24(26-23(27)32)11-5-7-14-6-3-4-8-17(14)24/h3-4,6,8-10,12H,5,7,11,13H2,1-2H3,(H,25,28)(H,26,32). The SMILES string of the molecule is COC(=O)c1ccc(C(=O)OC)c(NC(=O)CN2C(=O)NC3(CCCc4ccccc43)C2=O)c1.